The fourth-order valence-electron chi connectivity index (χ4n) is 4.35. The number of halogens is 2. The third-order valence-electron chi connectivity index (χ3n) is 6.43. The van der Waals surface area contributed by atoms with Gasteiger partial charge in [0.15, 0.2) is 11.2 Å². The van der Waals surface area contributed by atoms with Crippen LogP contribution in [0.25, 0.3) is 33.2 Å². The summed E-state index contributed by atoms with van der Waals surface area (Å²) in [4.78, 5) is 44.1. The molecule has 0 aliphatic carbocycles. The lowest BCUT2D eigenvalue weighted by atomic mass is 9.96. The van der Waals surface area contributed by atoms with Gasteiger partial charge in [-0.05, 0) is 49.1 Å². The van der Waals surface area contributed by atoms with Crippen molar-refractivity contribution in [1.82, 2.24) is 9.55 Å². The van der Waals surface area contributed by atoms with E-state index in [2.05, 4.69) is 10.3 Å². The second kappa shape index (κ2) is 11.3. The number of nitrogens with one attached hydrogen (secondary N) is 1. The number of pyridine rings is 1. The number of aromatic nitrogens is 2. The number of nitrogens with zero attached hydrogens (tertiary/aromatic N) is 2. The van der Waals surface area contributed by atoms with Crippen molar-refractivity contribution < 1.29 is 14.3 Å². The number of carbonyl (C=O) groups excluding carboxylic acids is 2. The van der Waals surface area contributed by atoms with E-state index in [0.29, 0.717) is 42.8 Å². The fourth-order valence-corrected chi connectivity index (χ4v) is 5.56. The van der Waals surface area contributed by atoms with E-state index >= 15 is 0 Å². The molecule has 0 bridgehead atoms. The first kappa shape index (κ1) is 27.6. The van der Waals surface area contributed by atoms with Crippen molar-refractivity contribution in [3.63, 3.8) is 0 Å². The van der Waals surface area contributed by atoms with Crippen molar-refractivity contribution in [1.29, 1.82) is 0 Å². The van der Waals surface area contributed by atoms with E-state index in [9.17, 15) is 14.4 Å². The maximum absolute atomic E-state index is 13.5. The fraction of sp³-hybridized carbons (Fsp3) is 0.133. The summed E-state index contributed by atoms with van der Waals surface area (Å²) in [6.45, 7) is 3.43. The Labute approximate surface area is 244 Å². The highest BCUT2D eigenvalue weighted by Gasteiger charge is 2.27. The number of fused-ring (bicyclic) bond motifs is 1. The van der Waals surface area contributed by atoms with Crippen molar-refractivity contribution >= 4 is 62.3 Å². The lowest BCUT2D eigenvalue weighted by Crippen LogP contribution is -2.32. The van der Waals surface area contributed by atoms with Gasteiger partial charge in [0.05, 0.1) is 10.7 Å². The number of hydrogen-bond acceptors (Lipinski definition) is 6. The third kappa shape index (κ3) is 5.38. The Morgan fingerprint density at radius 3 is 2.42 bits per heavy atom. The van der Waals surface area contributed by atoms with E-state index in [1.165, 1.54) is 29.9 Å². The summed E-state index contributed by atoms with van der Waals surface area (Å²) in [5, 5.41) is 6.78. The highest BCUT2D eigenvalue weighted by atomic mass is 35.5. The second-order valence-corrected chi connectivity index (χ2v) is 10.9. The van der Waals surface area contributed by atoms with Crippen LogP contribution in [0.4, 0.5) is 5.13 Å². The van der Waals surface area contributed by atoms with Crippen molar-refractivity contribution in [3.05, 3.63) is 104 Å². The summed E-state index contributed by atoms with van der Waals surface area (Å²) in [6, 6.07) is 19.8. The van der Waals surface area contributed by atoms with E-state index in [-0.39, 0.29) is 11.3 Å². The van der Waals surface area contributed by atoms with Crippen LogP contribution in [0.1, 0.15) is 23.0 Å². The average Bonchev–Trinajstić information content (AvgIpc) is 3.39. The molecule has 1 N–H and O–H groups in total. The SMILES string of the molecule is Cc1ccc(-c2c(C(=O)OC(C)C(=O)Nc3nc(-c4ccc(Cl)cc4Cl)cs3)n(C)c(=O)c3ccccc23)cc1. The minimum absolute atomic E-state index is 0.0566. The summed E-state index contributed by atoms with van der Waals surface area (Å²) in [5.74, 6) is -1.37. The van der Waals surface area contributed by atoms with Gasteiger partial charge in [0, 0.05) is 34.0 Å². The van der Waals surface area contributed by atoms with Gasteiger partial charge in [-0.2, -0.15) is 0 Å². The summed E-state index contributed by atoms with van der Waals surface area (Å²) >= 11 is 13.5. The number of ether oxygens (including phenoxy) is 1. The maximum Gasteiger partial charge on any atom is 0.356 e. The minimum Gasteiger partial charge on any atom is -0.448 e. The van der Waals surface area contributed by atoms with Crippen molar-refractivity contribution in [3.8, 4) is 22.4 Å². The number of anilines is 1. The zero-order valence-corrected chi connectivity index (χ0v) is 24.0. The van der Waals surface area contributed by atoms with Crippen LogP contribution in [0, 0.1) is 6.92 Å². The number of esters is 1. The molecule has 0 saturated carbocycles. The lowest BCUT2D eigenvalue weighted by Gasteiger charge is -2.19. The molecule has 2 heterocycles. The quantitative estimate of drug-likeness (QED) is 0.212. The molecule has 1 atom stereocenters. The summed E-state index contributed by atoms with van der Waals surface area (Å²) in [6.07, 6.45) is -1.17. The number of hydrogen-bond donors (Lipinski definition) is 1. The Morgan fingerprint density at radius 2 is 1.73 bits per heavy atom. The Morgan fingerprint density at radius 1 is 1.02 bits per heavy atom. The molecular formula is C30H23Cl2N3O4S. The van der Waals surface area contributed by atoms with Gasteiger partial charge < -0.3 is 9.30 Å². The van der Waals surface area contributed by atoms with Gasteiger partial charge in [-0.25, -0.2) is 9.78 Å². The molecule has 5 aromatic rings. The van der Waals surface area contributed by atoms with Gasteiger partial charge in [0.25, 0.3) is 11.5 Å². The first-order valence-electron chi connectivity index (χ1n) is 12.3. The highest BCUT2D eigenvalue weighted by molar-refractivity contribution is 7.14. The van der Waals surface area contributed by atoms with Crippen LogP contribution < -0.4 is 10.9 Å². The number of aryl methyl sites for hydroxylation is 1. The third-order valence-corrected chi connectivity index (χ3v) is 7.74. The Balaban J connectivity index is 1.42. The molecule has 0 fully saturated rings. The molecule has 0 radical (unpaired) electrons. The van der Waals surface area contributed by atoms with E-state index in [4.69, 9.17) is 27.9 Å². The topological polar surface area (TPSA) is 90.3 Å². The molecule has 202 valence electrons. The predicted molar refractivity (Wildman–Crippen MR) is 160 cm³/mol. The lowest BCUT2D eigenvalue weighted by molar-refractivity contribution is -0.123. The number of amides is 1. The number of thiazole rings is 1. The summed E-state index contributed by atoms with van der Waals surface area (Å²) in [5.41, 5.74) is 3.31. The largest absolute Gasteiger partial charge is 0.448 e. The highest BCUT2D eigenvalue weighted by Crippen LogP contribution is 2.33. The summed E-state index contributed by atoms with van der Waals surface area (Å²) < 4.78 is 6.87. The first-order valence-corrected chi connectivity index (χ1v) is 13.9. The molecule has 3 aromatic carbocycles. The number of rotatable bonds is 6. The van der Waals surface area contributed by atoms with Crippen LogP contribution in [0.3, 0.4) is 0 Å². The molecule has 40 heavy (non-hydrogen) atoms. The van der Waals surface area contributed by atoms with Gasteiger partial charge in [0.2, 0.25) is 0 Å². The van der Waals surface area contributed by atoms with Crippen LogP contribution in [-0.4, -0.2) is 27.5 Å². The maximum atomic E-state index is 13.5. The zero-order valence-electron chi connectivity index (χ0n) is 21.7. The van der Waals surface area contributed by atoms with Crippen LogP contribution >= 0.6 is 34.5 Å². The van der Waals surface area contributed by atoms with Gasteiger partial charge in [-0.1, -0.05) is 71.2 Å². The molecule has 1 unspecified atom stereocenters. The van der Waals surface area contributed by atoms with Crippen molar-refractivity contribution in [2.24, 2.45) is 7.05 Å². The number of carbonyl (C=O) groups is 2. The van der Waals surface area contributed by atoms with Gasteiger partial charge >= 0.3 is 5.97 Å². The minimum atomic E-state index is -1.17. The van der Waals surface area contributed by atoms with E-state index in [1.54, 1.807) is 41.8 Å². The normalized spacial score (nSPS) is 11.8. The monoisotopic (exact) mass is 591 g/mol. The molecule has 0 aliphatic heterocycles. The molecule has 0 aliphatic rings. The second-order valence-electron chi connectivity index (χ2n) is 9.20. The standard InChI is InChI=1S/C30H23Cl2N3O4S/c1-16-8-10-18(11-9-16)25-20-6-4-5-7-21(20)28(37)35(3)26(25)29(38)39-17(2)27(36)34-30-33-24(15-40-30)22-13-12-19(31)14-23(22)32/h4-15,17H,1-3H3,(H,33,34,36). The van der Waals surface area contributed by atoms with Crippen LogP contribution in [-0.2, 0) is 16.6 Å². The smallest absolute Gasteiger partial charge is 0.356 e. The zero-order chi connectivity index (χ0) is 28.6. The Bertz CT molecular complexity index is 1830. The van der Waals surface area contributed by atoms with Gasteiger partial charge in [-0.3, -0.25) is 14.9 Å². The van der Waals surface area contributed by atoms with E-state index < -0.39 is 18.0 Å². The predicted octanol–water partition coefficient (Wildman–Crippen LogP) is 7.13. The first-order chi connectivity index (χ1) is 19.1. The molecule has 1 amide bonds. The van der Waals surface area contributed by atoms with E-state index in [1.807, 2.05) is 37.3 Å². The molecule has 0 spiro atoms. The number of benzene rings is 3. The molecule has 2 aromatic heterocycles. The summed E-state index contributed by atoms with van der Waals surface area (Å²) in [7, 11) is 1.52. The molecule has 10 heteroatoms. The van der Waals surface area contributed by atoms with Crippen LogP contribution in [0.2, 0.25) is 10.0 Å². The Kier molecular flexibility index (Phi) is 7.76. The van der Waals surface area contributed by atoms with Gasteiger partial charge in [0.1, 0.15) is 5.69 Å². The molecule has 0 saturated heterocycles. The van der Waals surface area contributed by atoms with Crippen molar-refractivity contribution in [2.45, 2.75) is 20.0 Å². The average molecular weight is 593 g/mol. The Hall–Kier alpha value is -3.98. The van der Waals surface area contributed by atoms with Crippen LogP contribution in [0.5, 0.6) is 0 Å². The molecular weight excluding hydrogens is 569 g/mol. The van der Waals surface area contributed by atoms with Crippen LogP contribution in [0.15, 0.2) is 76.9 Å². The van der Waals surface area contributed by atoms with Gasteiger partial charge in [-0.15, -0.1) is 11.3 Å². The van der Waals surface area contributed by atoms with Crippen molar-refractivity contribution in [2.75, 3.05) is 5.32 Å². The molecule has 7 nitrogen and oxygen atoms in total. The van der Waals surface area contributed by atoms with E-state index in [0.717, 1.165) is 11.1 Å². The molecule has 5 rings (SSSR count).